The minimum Gasteiger partial charge on any atom is -0.497 e. The van der Waals surface area contributed by atoms with Gasteiger partial charge in [-0.2, -0.15) is 0 Å². The number of aromatic nitrogens is 1. The third-order valence-electron chi connectivity index (χ3n) is 3.87. The molecule has 3 rings (SSSR count). The fraction of sp³-hybridized carbons (Fsp3) is 0.143. The van der Waals surface area contributed by atoms with Crippen LogP contribution in [0.5, 0.6) is 5.75 Å². The van der Waals surface area contributed by atoms with Crippen LogP contribution in [0.1, 0.15) is 17.3 Å². The lowest BCUT2D eigenvalue weighted by Crippen LogP contribution is -2.07. The van der Waals surface area contributed by atoms with Gasteiger partial charge in [0.2, 0.25) is 0 Å². The van der Waals surface area contributed by atoms with Crippen LogP contribution in [0.2, 0.25) is 0 Å². The molecule has 0 N–H and O–H groups in total. The van der Waals surface area contributed by atoms with E-state index in [1.54, 1.807) is 20.2 Å². The lowest BCUT2D eigenvalue weighted by molar-refractivity contribution is 0.0527. The number of carbonyl (C=O) groups excluding carboxylic acids is 1. The lowest BCUT2D eigenvalue weighted by atomic mass is 9.99. The zero-order valence-electron chi connectivity index (χ0n) is 14.2. The van der Waals surface area contributed by atoms with Crippen LogP contribution in [-0.4, -0.2) is 24.7 Å². The monoisotopic (exact) mass is 333 g/mol. The van der Waals surface area contributed by atoms with Crippen LogP contribution in [0, 0.1) is 0 Å². The van der Waals surface area contributed by atoms with E-state index in [0.29, 0.717) is 12.2 Å². The molecule has 0 saturated carbocycles. The first-order valence-corrected chi connectivity index (χ1v) is 8.10. The maximum Gasteiger partial charge on any atom is 0.340 e. The topological polar surface area (TPSA) is 48.4 Å². The Morgan fingerprint density at radius 3 is 2.36 bits per heavy atom. The summed E-state index contributed by atoms with van der Waals surface area (Å²) in [5.74, 6) is 0.422. The van der Waals surface area contributed by atoms with Gasteiger partial charge >= 0.3 is 5.97 Å². The van der Waals surface area contributed by atoms with E-state index in [1.807, 2.05) is 60.7 Å². The molecule has 0 fully saturated rings. The molecule has 25 heavy (non-hydrogen) atoms. The molecule has 126 valence electrons. The van der Waals surface area contributed by atoms with Crippen LogP contribution in [0.3, 0.4) is 0 Å². The molecule has 0 unspecified atom stereocenters. The van der Waals surface area contributed by atoms with Gasteiger partial charge in [0, 0.05) is 11.8 Å². The minimum atomic E-state index is -0.366. The number of benzene rings is 2. The Labute approximate surface area is 147 Å². The van der Waals surface area contributed by atoms with Crippen molar-refractivity contribution in [3.05, 3.63) is 72.4 Å². The van der Waals surface area contributed by atoms with E-state index in [-0.39, 0.29) is 5.97 Å². The van der Waals surface area contributed by atoms with E-state index in [0.717, 1.165) is 28.1 Å². The van der Waals surface area contributed by atoms with Crippen LogP contribution in [-0.2, 0) is 4.74 Å². The highest BCUT2D eigenvalue weighted by Gasteiger charge is 2.16. The summed E-state index contributed by atoms with van der Waals surface area (Å²) < 4.78 is 10.4. The smallest absolute Gasteiger partial charge is 0.340 e. The maximum absolute atomic E-state index is 12.3. The van der Waals surface area contributed by atoms with Gasteiger partial charge in [-0.1, -0.05) is 30.3 Å². The number of nitrogens with zero attached hydrogens (tertiary/aromatic N) is 1. The summed E-state index contributed by atoms with van der Waals surface area (Å²) in [6.45, 7) is 2.12. The van der Waals surface area contributed by atoms with Crippen molar-refractivity contribution in [2.75, 3.05) is 13.7 Å². The van der Waals surface area contributed by atoms with Crippen molar-refractivity contribution in [1.29, 1.82) is 0 Å². The molecule has 4 nitrogen and oxygen atoms in total. The fourth-order valence-electron chi connectivity index (χ4n) is 2.60. The molecule has 4 heteroatoms. The predicted octanol–water partition coefficient (Wildman–Crippen LogP) is 4.60. The molecular weight excluding hydrogens is 314 g/mol. The Morgan fingerprint density at radius 2 is 1.72 bits per heavy atom. The van der Waals surface area contributed by atoms with E-state index >= 15 is 0 Å². The molecule has 0 amide bonds. The summed E-state index contributed by atoms with van der Waals surface area (Å²) in [4.78, 5) is 16.7. The Hall–Kier alpha value is -3.14. The molecular formula is C21H19NO3. The highest BCUT2D eigenvalue weighted by atomic mass is 16.5. The molecule has 0 saturated heterocycles. The number of carbonyl (C=O) groups is 1. The summed E-state index contributed by atoms with van der Waals surface area (Å²) in [6, 6.07) is 19.3. The quantitative estimate of drug-likeness (QED) is 0.640. The number of rotatable bonds is 5. The summed E-state index contributed by atoms with van der Waals surface area (Å²) in [6.07, 6.45) is 1.58. The van der Waals surface area contributed by atoms with Gasteiger partial charge in [-0.05, 0) is 48.4 Å². The molecule has 3 aromatic rings. The Balaban J connectivity index is 2.09. The van der Waals surface area contributed by atoms with Crippen LogP contribution in [0.25, 0.3) is 22.4 Å². The molecule has 0 spiro atoms. The van der Waals surface area contributed by atoms with E-state index < -0.39 is 0 Å². The van der Waals surface area contributed by atoms with Crippen molar-refractivity contribution in [3.8, 4) is 28.1 Å². The van der Waals surface area contributed by atoms with Crippen LogP contribution < -0.4 is 4.74 Å². The van der Waals surface area contributed by atoms with Gasteiger partial charge in [-0.3, -0.25) is 4.98 Å². The first kappa shape index (κ1) is 16.7. The first-order valence-electron chi connectivity index (χ1n) is 8.10. The largest absolute Gasteiger partial charge is 0.497 e. The van der Waals surface area contributed by atoms with Gasteiger partial charge in [0.05, 0.1) is 25.0 Å². The van der Waals surface area contributed by atoms with Crippen molar-refractivity contribution >= 4 is 5.97 Å². The van der Waals surface area contributed by atoms with Crippen molar-refractivity contribution in [2.24, 2.45) is 0 Å². The summed E-state index contributed by atoms with van der Waals surface area (Å²) in [5.41, 5.74) is 3.95. The van der Waals surface area contributed by atoms with Gasteiger partial charge < -0.3 is 9.47 Å². The van der Waals surface area contributed by atoms with Crippen molar-refractivity contribution in [2.45, 2.75) is 6.92 Å². The van der Waals surface area contributed by atoms with E-state index in [9.17, 15) is 4.79 Å². The van der Waals surface area contributed by atoms with Gasteiger partial charge in [-0.15, -0.1) is 0 Å². The van der Waals surface area contributed by atoms with Crippen LogP contribution in [0.15, 0.2) is 66.9 Å². The Morgan fingerprint density at radius 1 is 1.00 bits per heavy atom. The third-order valence-corrected chi connectivity index (χ3v) is 3.87. The maximum atomic E-state index is 12.3. The lowest BCUT2D eigenvalue weighted by Gasteiger charge is -2.11. The second kappa shape index (κ2) is 7.62. The molecule has 1 aromatic heterocycles. The van der Waals surface area contributed by atoms with Crippen molar-refractivity contribution in [3.63, 3.8) is 0 Å². The minimum absolute atomic E-state index is 0.327. The summed E-state index contributed by atoms with van der Waals surface area (Å²) in [5, 5.41) is 0. The van der Waals surface area contributed by atoms with Crippen LogP contribution >= 0.6 is 0 Å². The van der Waals surface area contributed by atoms with Gasteiger partial charge in [0.15, 0.2) is 0 Å². The number of ether oxygens (including phenoxy) is 2. The number of methoxy groups -OCH3 is 1. The first-order chi connectivity index (χ1) is 12.2. The van der Waals surface area contributed by atoms with Gasteiger partial charge in [0.1, 0.15) is 5.75 Å². The number of pyridine rings is 1. The van der Waals surface area contributed by atoms with Gasteiger partial charge in [0.25, 0.3) is 0 Å². The number of hydrogen-bond donors (Lipinski definition) is 0. The molecule has 0 aliphatic carbocycles. The number of esters is 1. The Kier molecular flexibility index (Phi) is 5.09. The Bertz CT molecular complexity index is 858. The van der Waals surface area contributed by atoms with Gasteiger partial charge in [-0.25, -0.2) is 4.79 Å². The van der Waals surface area contributed by atoms with Crippen molar-refractivity contribution in [1.82, 2.24) is 4.98 Å². The zero-order valence-corrected chi connectivity index (χ0v) is 14.2. The summed E-state index contributed by atoms with van der Waals surface area (Å²) >= 11 is 0. The second-order valence-electron chi connectivity index (χ2n) is 5.43. The zero-order chi connectivity index (χ0) is 17.6. The van der Waals surface area contributed by atoms with E-state index in [2.05, 4.69) is 4.98 Å². The highest BCUT2D eigenvalue weighted by Crippen LogP contribution is 2.29. The fourth-order valence-corrected chi connectivity index (χ4v) is 2.60. The number of hydrogen-bond acceptors (Lipinski definition) is 4. The SMILES string of the molecule is CCOC(=O)c1cnc(-c2ccc(OC)cc2)cc1-c1ccccc1. The summed E-state index contributed by atoms with van der Waals surface area (Å²) in [7, 11) is 1.63. The second-order valence-corrected chi connectivity index (χ2v) is 5.43. The molecule has 1 heterocycles. The molecule has 0 bridgehead atoms. The standard InChI is InChI=1S/C21H19NO3/c1-3-25-21(23)19-14-22-20(16-9-11-17(24-2)12-10-16)13-18(19)15-7-5-4-6-8-15/h4-14H,3H2,1-2H3. The van der Waals surface area contributed by atoms with Crippen LogP contribution in [0.4, 0.5) is 0 Å². The molecule has 0 radical (unpaired) electrons. The molecule has 0 atom stereocenters. The molecule has 2 aromatic carbocycles. The normalized spacial score (nSPS) is 10.3. The van der Waals surface area contributed by atoms with E-state index in [1.165, 1.54) is 0 Å². The predicted molar refractivity (Wildman–Crippen MR) is 97.6 cm³/mol. The molecule has 0 aliphatic rings. The highest BCUT2D eigenvalue weighted by molar-refractivity contribution is 5.97. The van der Waals surface area contributed by atoms with E-state index in [4.69, 9.17) is 9.47 Å². The third kappa shape index (κ3) is 3.69. The average molecular weight is 333 g/mol. The average Bonchev–Trinajstić information content (AvgIpc) is 2.68. The van der Waals surface area contributed by atoms with Crippen molar-refractivity contribution < 1.29 is 14.3 Å². The molecule has 0 aliphatic heterocycles.